The predicted molar refractivity (Wildman–Crippen MR) is 75.0 cm³/mol. The van der Waals surface area contributed by atoms with Gasteiger partial charge < -0.3 is 15.4 Å². The van der Waals surface area contributed by atoms with Crippen LogP contribution in [0.15, 0.2) is 18.2 Å². The monoisotopic (exact) mass is 261 g/mol. The van der Waals surface area contributed by atoms with Crippen molar-refractivity contribution in [3.8, 4) is 0 Å². The summed E-state index contributed by atoms with van der Waals surface area (Å²) in [6, 6.07) is 5.48. The van der Waals surface area contributed by atoms with Gasteiger partial charge in [0.1, 0.15) is 11.9 Å². The van der Waals surface area contributed by atoms with E-state index in [0.29, 0.717) is 5.69 Å². The molecule has 1 aromatic carbocycles. The molecule has 1 amide bonds. The number of aryl methyl sites for hydroxylation is 1. The van der Waals surface area contributed by atoms with Gasteiger partial charge in [-0.15, -0.1) is 0 Å². The maximum atomic E-state index is 11.4. The third kappa shape index (κ3) is 3.32. The SMILES string of the molecule is CCCCc1nc2ccc(NC(=O)C(C)O)cc2[nH]1. The van der Waals surface area contributed by atoms with Crippen LogP contribution in [-0.2, 0) is 11.2 Å². The fourth-order valence-corrected chi connectivity index (χ4v) is 1.85. The molecule has 102 valence electrons. The number of carbonyl (C=O) groups excluding carboxylic acids is 1. The first-order valence-corrected chi connectivity index (χ1v) is 6.57. The number of fused-ring (bicyclic) bond motifs is 1. The molecule has 2 aromatic rings. The number of rotatable bonds is 5. The summed E-state index contributed by atoms with van der Waals surface area (Å²) in [5, 5.41) is 11.8. The number of carbonyl (C=O) groups is 1. The van der Waals surface area contributed by atoms with E-state index in [4.69, 9.17) is 5.11 Å². The van der Waals surface area contributed by atoms with Crippen LogP contribution in [0.25, 0.3) is 11.0 Å². The lowest BCUT2D eigenvalue weighted by atomic mass is 10.2. The van der Waals surface area contributed by atoms with Gasteiger partial charge in [0.05, 0.1) is 11.0 Å². The Balaban J connectivity index is 2.18. The largest absolute Gasteiger partial charge is 0.384 e. The molecule has 19 heavy (non-hydrogen) atoms. The molecule has 0 spiro atoms. The first-order valence-electron chi connectivity index (χ1n) is 6.57. The highest BCUT2D eigenvalue weighted by Gasteiger charge is 2.10. The van der Waals surface area contributed by atoms with E-state index in [9.17, 15) is 4.79 Å². The van der Waals surface area contributed by atoms with E-state index in [2.05, 4.69) is 22.2 Å². The number of amides is 1. The van der Waals surface area contributed by atoms with Crippen LogP contribution in [0, 0.1) is 0 Å². The van der Waals surface area contributed by atoms with E-state index in [1.165, 1.54) is 6.92 Å². The molecule has 1 atom stereocenters. The Hall–Kier alpha value is -1.88. The topological polar surface area (TPSA) is 78.0 Å². The quantitative estimate of drug-likeness (QED) is 0.772. The van der Waals surface area contributed by atoms with Crippen molar-refractivity contribution in [1.29, 1.82) is 0 Å². The van der Waals surface area contributed by atoms with Crippen molar-refractivity contribution in [2.75, 3.05) is 5.32 Å². The number of benzene rings is 1. The zero-order valence-electron chi connectivity index (χ0n) is 11.2. The Bertz CT molecular complexity index is 575. The third-order valence-electron chi connectivity index (χ3n) is 2.95. The Morgan fingerprint density at radius 1 is 1.53 bits per heavy atom. The number of H-pyrrole nitrogens is 1. The van der Waals surface area contributed by atoms with Gasteiger partial charge in [0.2, 0.25) is 0 Å². The summed E-state index contributed by atoms with van der Waals surface area (Å²) >= 11 is 0. The van der Waals surface area contributed by atoms with Gasteiger partial charge in [-0.1, -0.05) is 13.3 Å². The number of hydrogen-bond acceptors (Lipinski definition) is 3. The lowest BCUT2D eigenvalue weighted by Gasteiger charge is -2.06. The lowest BCUT2D eigenvalue weighted by molar-refractivity contribution is -0.123. The second-order valence-electron chi connectivity index (χ2n) is 4.68. The molecule has 2 rings (SSSR count). The highest BCUT2D eigenvalue weighted by Crippen LogP contribution is 2.18. The molecule has 1 heterocycles. The first-order chi connectivity index (χ1) is 9.10. The van der Waals surface area contributed by atoms with Crippen LogP contribution in [0.3, 0.4) is 0 Å². The number of nitrogens with one attached hydrogen (secondary N) is 2. The van der Waals surface area contributed by atoms with Crippen molar-refractivity contribution < 1.29 is 9.90 Å². The molecule has 5 heteroatoms. The summed E-state index contributed by atoms with van der Waals surface area (Å²) in [5.74, 6) is 0.556. The van der Waals surface area contributed by atoms with E-state index in [1.807, 2.05) is 12.1 Å². The summed E-state index contributed by atoms with van der Waals surface area (Å²) < 4.78 is 0. The number of nitrogens with zero attached hydrogens (tertiary/aromatic N) is 1. The van der Waals surface area contributed by atoms with E-state index < -0.39 is 12.0 Å². The van der Waals surface area contributed by atoms with Crippen LogP contribution in [0.5, 0.6) is 0 Å². The highest BCUT2D eigenvalue weighted by molar-refractivity contribution is 5.95. The average Bonchev–Trinajstić information content (AvgIpc) is 2.78. The van der Waals surface area contributed by atoms with E-state index in [1.54, 1.807) is 6.07 Å². The Morgan fingerprint density at radius 2 is 2.32 bits per heavy atom. The van der Waals surface area contributed by atoms with Crippen molar-refractivity contribution in [2.45, 2.75) is 39.2 Å². The minimum atomic E-state index is -1.02. The first kappa shape index (κ1) is 13.5. The van der Waals surface area contributed by atoms with E-state index in [0.717, 1.165) is 36.1 Å². The average molecular weight is 261 g/mol. The Labute approximate surface area is 112 Å². The molecule has 0 fully saturated rings. The van der Waals surface area contributed by atoms with Crippen molar-refractivity contribution in [3.05, 3.63) is 24.0 Å². The molecule has 0 aliphatic heterocycles. The lowest BCUT2D eigenvalue weighted by Crippen LogP contribution is -2.24. The summed E-state index contributed by atoms with van der Waals surface area (Å²) in [4.78, 5) is 19.1. The molecule has 5 nitrogen and oxygen atoms in total. The van der Waals surface area contributed by atoms with Gasteiger partial charge in [0, 0.05) is 12.1 Å². The van der Waals surface area contributed by atoms with Crippen LogP contribution in [0.4, 0.5) is 5.69 Å². The number of anilines is 1. The molecular weight excluding hydrogens is 242 g/mol. The smallest absolute Gasteiger partial charge is 0.252 e. The Morgan fingerprint density at radius 3 is 3.00 bits per heavy atom. The minimum absolute atomic E-state index is 0.412. The summed E-state index contributed by atoms with van der Waals surface area (Å²) in [6.45, 7) is 3.58. The predicted octanol–water partition coefficient (Wildman–Crippen LogP) is 2.22. The number of unbranched alkanes of at least 4 members (excludes halogenated alkanes) is 1. The van der Waals surface area contributed by atoms with Gasteiger partial charge in [-0.3, -0.25) is 4.79 Å². The van der Waals surface area contributed by atoms with Crippen molar-refractivity contribution >= 4 is 22.6 Å². The van der Waals surface area contributed by atoms with Gasteiger partial charge >= 0.3 is 0 Å². The number of hydrogen-bond donors (Lipinski definition) is 3. The van der Waals surface area contributed by atoms with E-state index >= 15 is 0 Å². The molecule has 3 N–H and O–H groups in total. The number of imidazole rings is 1. The zero-order valence-corrected chi connectivity index (χ0v) is 11.2. The number of aliphatic hydroxyl groups is 1. The standard InChI is InChI=1S/C14H19N3O2/c1-3-4-5-13-16-11-7-6-10(8-12(11)17-13)15-14(19)9(2)18/h6-9,18H,3-5H2,1-2H3,(H,15,19)(H,16,17). The minimum Gasteiger partial charge on any atom is -0.384 e. The summed E-state index contributed by atoms with van der Waals surface area (Å²) in [7, 11) is 0. The van der Waals surface area contributed by atoms with Gasteiger partial charge in [0.15, 0.2) is 0 Å². The highest BCUT2D eigenvalue weighted by atomic mass is 16.3. The Kier molecular flexibility index (Phi) is 4.16. The van der Waals surface area contributed by atoms with Crippen LogP contribution >= 0.6 is 0 Å². The molecule has 0 saturated heterocycles. The maximum Gasteiger partial charge on any atom is 0.252 e. The van der Waals surface area contributed by atoms with Gasteiger partial charge in [-0.05, 0) is 31.5 Å². The fraction of sp³-hybridized carbons (Fsp3) is 0.429. The third-order valence-corrected chi connectivity index (χ3v) is 2.95. The zero-order chi connectivity index (χ0) is 13.8. The molecule has 1 unspecified atom stereocenters. The van der Waals surface area contributed by atoms with Crippen molar-refractivity contribution in [1.82, 2.24) is 9.97 Å². The maximum absolute atomic E-state index is 11.4. The second-order valence-corrected chi connectivity index (χ2v) is 4.68. The van der Waals surface area contributed by atoms with Gasteiger partial charge in [-0.2, -0.15) is 0 Å². The number of aromatic nitrogens is 2. The molecule has 0 radical (unpaired) electrons. The van der Waals surface area contributed by atoms with Crippen LogP contribution in [0.2, 0.25) is 0 Å². The van der Waals surface area contributed by atoms with Crippen molar-refractivity contribution in [3.63, 3.8) is 0 Å². The second kappa shape index (κ2) is 5.84. The van der Waals surface area contributed by atoms with Crippen LogP contribution < -0.4 is 5.32 Å². The van der Waals surface area contributed by atoms with Crippen molar-refractivity contribution in [2.24, 2.45) is 0 Å². The van der Waals surface area contributed by atoms with E-state index in [-0.39, 0.29) is 0 Å². The van der Waals surface area contributed by atoms with Crippen LogP contribution in [0.1, 0.15) is 32.5 Å². The van der Waals surface area contributed by atoms with Gasteiger partial charge in [-0.25, -0.2) is 4.98 Å². The molecule has 0 aliphatic carbocycles. The molecule has 0 bridgehead atoms. The number of aromatic amines is 1. The molecule has 0 aliphatic rings. The summed E-state index contributed by atoms with van der Waals surface area (Å²) in [6.07, 6.45) is 2.15. The number of aliphatic hydroxyl groups excluding tert-OH is 1. The van der Waals surface area contributed by atoms with Gasteiger partial charge in [0.25, 0.3) is 5.91 Å². The summed E-state index contributed by atoms with van der Waals surface area (Å²) in [5.41, 5.74) is 2.44. The fourth-order valence-electron chi connectivity index (χ4n) is 1.85. The molecule has 0 saturated carbocycles. The molecule has 1 aromatic heterocycles. The van der Waals surface area contributed by atoms with Crippen LogP contribution in [-0.4, -0.2) is 27.1 Å². The normalized spacial score (nSPS) is 12.6. The molecular formula is C14H19N3O2.